The summed E-state index contributed by atoms with van der Waals surface area (Å²) >= 11 is 0. The SMILES string of the molecule is CC(=O)CN(C)Cc1ccc2[nH]c(=O)[nH]c2c1. The molecular formula is C12H15N3O2. The molecule has 0 atom stereocenters. The van der Waals surface area contributed by atoms with Crippen molar-refractivity contribution in [1.82, 2.24) is 14.9 Å². The number of H-pyrrole nitrogens is 2. The standard InChI is InChI=1S/C12H15N3O2/c1-8(16)6-15(2)7-9-3-4-10-11(5-9)14-12(17)13-10/h3-5H,6-7H2,1-2H3,(H2,13,14,17). The topological polar surface area (TPSA) is 69.0 Å². The summed E-state index contributed by atoms with van der Waals surface area (Å²) in [5.41, 5.74) is 2.46. The number of rotatable bonds is 4. The number of ketones is 1. The van der Waals surface area contributed by atoms with E-state index in [-0.39, 0.29) is 11.5 Å². The van der Waals surface area contributed by atoms with Crippen molar-refractivity contribution in [2.45, 2.75) is 13.5 Å². The van der Waals surface area contributed by atoms with E-state index in [1.807, 2.05) is 30.1 Å². The second-order valence-electron chi connectivity index (χ2n) is 4.33. The maximum absolute atomic E-state index is 11.1. The molecular weight excluding hydrogens is 218 g/mol. The lowest BCUT2D eigenvalue weighted by atomic mass is 10.2. The van der Waals surface area contributed by atoms with E-state index in [0.717, 1.165) is 16.6 Å². The number of aromatic nitrogens is 2. The summed E-state index contributed by atoms with van der Waals surface area (Å²) in [5.74, 6) is 0.142. The van der Waals surface area contributed by atoms with Gasteiger partial charge in [-0.1, -0.05) is 6.07 Å². The van der Waals surface area contributed by atoms with Gasteiger partial charge in [-0.25, -0.2) is 4.79 Å². The summed E-state index contributed by atoms with van der Waals surface area (Å²) in [4.78, 5) is 29.4. The molecule has 0 aliphatic heterocycles. The zero-order valence-electron chi connectivity index (χ0n) is 9.91. The first-order valence-corrected chi connectivity index (χ1v) is 5.43. The van der Waals surface area contributed by atoms with Crippen molar-refractivity contribution < 1.29 is 4.79 Å². The van der Waals surface area contributed by atoms with Crippen LogP contribution in [0.2, 0.25) is 0 Å². The minimum Gasteiger partial charge on any atom is -0.306 e. The van der Waals surface area contributed by atoms with Crippen LogP contribution < -0.4 is 5.69 Å². The van der Waals surface area contributed by atoms with Crippen molar-refractivity contribution in [3.8, 4) is 0 Å². The van der Waals surface area contributed by atoms with Crippen molar-refractivity contribution in [2.24, 2.45) is 0 Å². The Balaban J connectivity index is 2.18. The van der Waals surface area contributed by atoms with Crippen molar-refractivity contribution >= 4 is 16.8 Å². The molecule has 0 spiro atoms. The minimum atomic E-state index is -0.200. The zero-order chi connectivity index (χ0) is 12.4. The molecule has 0 saturated heterocycles. The Labute approximate surface area is 98.4 Å². The monoisotopic (exact) mass is 233 g/mol. The van der Waals surface area contributed by atoms with E-state index >= 15 is 0 Å². The number of hydrogen-bond acceptors (Lipinski definition) is 3. The van der Waals surface area contributed by atoms with Crippen LogP contribution >= 0.6 is 0 Å². The Morgan fingerprint density at radius 3 is 2.71 bits per heavy atom. The molecule has 2 aromatic rings. The number of nitrogens with zero attached hydrogens (tertiary/aromatic N) is 1. The number of carbonyl (C=O) groups excluding carboxylic acids is 1. The van der Waals surface area contributed by atoms with Gasteiger partial charge in [0.2, 0.25) is 0 Å². The smallest absolute Gasteiger partial charge is 0.306 e. The summed E-state index contributed by atoms with van der Waals surface area (Å²) < 4.78 is 0. The number of carbonyl (C=O) groups is 1. The highest BCUT2D eigenvalue weighted by atomic mass is 16.1. The maximum atomic E-state index is 11.1. The molecule has 90 valence electrons. The van der Waals surface area contributed by atoms with Crippen LogP contribution in [0.25, 0.3) is 11.0 Å². The van der Waals surface area contributed by atoms with Gasteiger partial charge in [0.15, 0.2) is 0 Å². The Bertz CT molecular complexity index is 597. The Morgan fingerprint density at radius 2 is 2.00 bits per heavy atom. The average molecular weight is 233 g/mol. The van der Waals surface area contributed by atoms with E-state index in [2.05, 4.69) is 9.97 Å². The Kier molecular flexibility index (Phi) is 3.10. The summed E-state index contributed by atoms with van der Waals surface area (Å²) in [6.45, 7) is 2.69. The lowest BCUT2D eigenvalue weighted by molar-refractivity contribution is -0.117. The van der Waals surface area contributed by atoms with Crippen molar-refractivity contribution in [3.05, 3.63) is 34.2 Å². The zero-order valence-corrected chi connectivity index (χ0v) is 9.91. The van der Waals surface area contributed by atoms with Gasteiger partial charge in [0, 0.05) is 6.54 Å². The van der Waals surface area contributed by atoms with Crippen LogP contribution in [0.15, 0.2) is 23.0 Å². The summed E-state index contributed by atoms with van der Waals surface area (Å²) in [6.07, 6.45) is 0. The molecule has 1 aromatic carbocycles. The lowest BCUT2D eigenvalue weighted by Gasteiger charge is -2.14. The normalized spacial score (nSPS) is 11.2. The quantitative estimate of drug-likeness (QED) is 0.823. The van der Waals surface area contributed by atoms with Gasteiger partial charge < -0.3 is 9.97 Å². The predicted octanol–water partition coefficient (Wildman–Crippen LogP) is 0.877. The Hall–Kier alpha value is -1.88. The van der Waals surface area contributed by atoms with E-state index < -0.39 is 0 Å². The molecule has 5 nitrogen and oxygen atoms in total. The first-order valence-electron chi connectivity index (χ1n) is 5.43. The second-order valence-corrected chi connectivity index (χ2v) is 4.33. The van der Waals surface area contributed by atoms with E-state index in [1.165, 1.54) is 0 Å². The summed E-state index contributed by atoms with van der Waals surface area (Å²) in [7, 11) is 1.89. The van der Waals surface area contributed by atoms with Crippen LogP contribution in [-0.4, -0.2) is 34.2 Å². The molecule has 0 fully saturated rings. The van der Waals surface area contributed by atoms with Crippen LogP contribution in [0.5, 0.6) is 0 Å². The van der Waals surface area contributed by atoms with Crippen molar-refractivity contribution in [2.75, 3.05) is 13.6 Å². The summed E-state index contributed by atoms with van der Waals surface area (Å²) in [6, 6.07) is 5.73. The maximum Gasteiger partial charge on any atom is 0.323 e. The third kappa shape index (κ3) is 2.82. The highest BCUT2D eigenvalue weighted by Crippen LogP contribution is 2.11. The minimum absolute atomic E-state index is 0.142. The van der Waals surface area contributed by atoms with Gasteiger partial charge in [-0.15, -0.1) is 0 Å². The number of likely N-dealkylation sites (N-methyl/N-ethyl adjacent to an activating group) is 1. The van der Waals surface area contributed by atoms with Crippen LogP contribution in [-0.2, 0) is 11.3 Å². The van der Waals surface area contributed by atoms with E-state index in [4.69, 9.17) is 0 Å². The highest BCUT2D eigenvalue weighted by molar-refractivity contribution is 5.77. The molecule has 0 unspecified atom stereocenters. The molecule has 1 aromatic heterocycles. The highest BCUT2D eigenvalue weighted by Gasteiger charge is 2.05. The fourth-order valence-corrected chi connectivity index (χ4v) is 1.93. The molecule has 2 rings (SSSR count). The van der Waals surface area contributed by atoms with Crippen LogP contribution in [0.4, 0.5) is 0 Å². The van der Waals surface area contributed by atoms with Gasteiger partial charge in [0.05, 0.1) is 17.6 Å². The lowest BCUT2D eigenvalue weighted by Crippen LogP contribution is -2.23. The number of hydrogen-bond donors (Lipinski definition) is 2. The summed E-state index contributed by atoms with van der Waals surface area (Å²) in [5, 5.41) is 0. The molecule has 17 heavy (non-hydrogen) atoms. The van der Waals surface area contributed by atoms with E-state index in [1.54, 1.807) is 6.92 Å². The first-order chi connectivity index (χ1) is 8.04. The molecule has 0 amide bonds. The van der Waals surface area contributed by atoms with E-state index in [0.29, 0.717) is 13.1 Å². The third-order valence-electron chi connectivity index (χ3n) is 2.53. The van der Waals surface area contributed by atoms with Crippen LogP contribution in [0.1, 0.15) is 12.5 Å². The molecule has 5 heteroatoms. The number of imidazole rings is 1. The molecule has 0 bridgehead atoms. The van der Waals surface area contributed by atoms with E-state index in [9.17, 15) is 9.59 Å². The second kappa shape index (κ2) is 4.55. The van der Waals surface area contributed by atoms with Gasteiger partial charge in [-0.05, 0) is 31.7 Å². The number of fused-ring (bicyclic) bond motifs is 1. The molecule has 0 aliphatic rings. The van der Waals surface area contributed by atoms with Gasteiger partial charge in [-0.2, -0.15) is 0 Å². The predicted molar refractivity (Wildman–Crippen MR) is 65.9 cm³/mol. The van der Waals surface area contributed by atoms with Crippen LogP contribution in [0, 0.1) is 0 Å². The van der Waals surface area contributed by atoms with Crippen LogP contribution in [0.3, 0.4) is 0 Å². The number of benzene rings is 1. The number of nitrogens with one attached hydrogen (secondary N) is 2. The molecule has 1 heterocycles. The third-order valence-corrected chi connectivity index (χ3v) is 2.53. The van der Waals surface area contributed by atoms with Crippen molar-refractivity contribution in [1.29, 1.82) is 0 Å². The average Bonchev–Trinajstić information content (AvgIpc) is 2.55. The fraction of sp³-hybridized carbons (Fsp3) is 0.333. The molecule has 0 radical (unpaired) electrons. The van der Waals surface area contributed by atoms with Gasteiger partial charge in [0.25, 0.3) is 0 Å². The largest absolute Gasteiger partial charge is 0.323 e. The van der Waals surface area contributed by atoms with Gasteiger partial charge >= 0.3 is 5.69 Å². The Morgan fingerprint density at radius 1 is 1.29 bits per heavy atom. The van der Waals surface area contributed by atoms with Crippen molar-refractivity contribution in [3.63, 3.8) is 0 Å². The molecule has 2 N–H and O–H groups in total. The number of Topliss-reactive ketones (excluding diaryl/α,β-unsaturated/α-hetero) is 1. The fourth-order valence-electron chi connectivity index (χ4n) is 1.93. The molecule has 0 saturated carbocycles. The first kappa shape index (κ1) is 11.6. The molecule has 0 aliphatic carbocycles. The number of aromatic amines is 2. The van der Waals surface area contributed by atoms with Gasteiger partial charge in [0.1, 0.15) is 5.78 Å². The van der Waals surface area contributed by atoms with Gasteiger partial charge in [-0.3, -0.25) is 9.69 Å².